The molecule has 0 bridgehead atoms. The van der Waals surface area contributed by atoms with Gasteiger partial charge in [0.1, 0.15) is 5.82 Å². The monoisotopic (exact) mass is 227 g/mol. The van der Waals surface area contributed by atoms with Gasteiger partial charge in [0.15, 0.2) is 0 Å². The number of anilines is 1. The molecule has 0 unspecified atom stereocenters. The van der Waals surface area contributed by atoms with E-state index in [0.717, 1.165) is 18.8 Å². The Morgan fingerprint density at radius 2 is 2.19 bits per heavy atom. The normalized spacial score (nSPS) is 10.5. The number of ether oxygens (including phenoxy) is 1. The van der Waals surface area contributed by atoms with Gasteiger partial charge in [-0.15, -0.1) is 0 Å². The molecule has 16 heavy (non-hydrogen) atoms. The van der Waals surface area contributed by atoms with Crippen molar-refractivity contribution in [3.05, 3.63) is 29.6 Å². The molecular weight excluding hydrogens is 209 g/mol. The molecule has 0 radical (unpaired) electrons. The number of halogens is 1. The zero-order valence-electron chi connectivity index (χ0n) is 9.74. The molecule has 90 valence electrons. The summed E-state index contributed by atoms with van der Waals surface area (Å²) in [6.07, 6.45) is 0. The number of aliphatic hydroxyl groups is 1. The van der Waals surface area contributed by atoms with Crippen molar-refractivity contribution in [3.63, 3.8) is 0 Å². The maximum atomic E-state index is 13.0. The second-order valence-electron chi connectivity index (χ2n) is 3.50. The van der Waals surface area contributed by atoms with E-state index in [0.29, 0.717) is 12.2 Å². The van der Waals surface area contributed by atoms with Crippen LogP contribution < -0.4 is 4.90 Å². The van der Waals surface area contributed by atoms with E-state index in [1.54, 1.807) is 13.2 Å². The molecule has 0 aliphatic carbocycles. The van der Waals surface area contributed by atoms with Crippen molar-refractivity contribution >= 4 is 5.69 Å². The molecular formula is C12H18FNO2. The van der Waals surface area contributed by atoms with Crippen molar-refractivity contribution < 1.29 is 14.2 Å². The molecule has 0 saturated carbocycles. The standard InChI is InChI=1S/C12H18FNO2/c1-3-14(6-7-16-2)12-5-4-11(13)8-10(12)9-15/h4-5,8,15H,3,6-7,9H2,1-2H3. The van der Waals surface area contributed by atoms with E-state index >= 15 is 0 Å². The second kappa shape index (κ2) is 6.45. The number of methoxy groups -OCH3 is 1. The molecule has 0 heterocycles. The Morgan fingerprint density at radius 1 is 1.44 bits per heavy atom. The molecule has 0 atom stereocenters. The fourth-order valence-electron chi connectivity index (χ4n) is 1.64. The fraction of sp³-hybridized carbons (Fsp3) is 0.500. The van der Waals surface area contributed by atoms with Crippen LogP contribution >= 0.6 is 0 Å². The maximum Gasteiger partial charge on any atom is 0.123 e. The second-order valence-corrected chi connectivity index (χ2v) is 3.50. The van der Waals surface area contributed by atoms with Crippen molar-refractivity contribution in [1.29, 1.82) is 0 Å². The smallest absolute Gasteiger partial charge is 0.123 e. The van der Waals surface area contributed by atoms with Crippen LogP contribution in [0.2, 0.25) is 0 Å². The summed E-state index contributed by atoms with van der Waals surface area (Å²) in [5.74, 6) is -0.324. The summed E-state index contributed by atoms with van der Waals surface area (Å²) in [7, 11) is 1.64. The van der Waals surface area contributed by atoms with Crippen LogP contribution in [-0.2, 0) is 11.3 Å². The molecule has 1 N–H and O–H groups in total. The summed E-state index contributed by atoms with van der Waals surface area (Å²) < 4.78 is 18.0. The van der Waals surface area contributed by atoms with Gasteiger partial charge in [-0.2, -0.15) is 0 Å². The van der Waals surface area contributed by atoms with Crippen molar-refractivity contribution in [1.82, 2.24) is 0 Å². The molecule has 0 fully saturated rings. The zero-order valence-corrected chi connectivity index (χ0v) is 9.74. The Bertz CT molecular complexity index is 331. The first-order valence-corrected chi connectivity index (χ1v) is 5.36. The molecule has 1 aromatic carbocycles. The van der Waals surface area contributed by atoms with Crippen LogP contribution in [0.3, 0.4) is 0 Å². The Kier molecular flexibility index (Phi) is 5.22. The maximum absolute atomic E-state index is 13.0. The van der Waals surface area contributed by atoms with E-state index in [2.05, 4.69) is 4.90 Å². The van der Waals surface area contributed by atoms with Crippen molar-refractivity contribution in [2.24, 2.45) is 0 Å². The quantitative estimate of drug-likeness (QED) is 0.804. The topological polar surface area (TPSA) is 32.7 Å². The number of likely N-dealkylation sites (N-methyl/N-ethyl adjacent to an activating group) is 1. The van der Waals surface area contributed by atoms with E-state index in [1.165, 1.54) is 12.1 Å². The average Bonchev–Trinajstić information content (AvgIpc) is 2.31. The van der Waals surface area contributed by atoms with Gasteiger partial charge in [-0.25, -0.2) is 4.39 Å². The van der Waals surface area contributed by atoms with Gasteiger partial charge in [0.25, 0.3) is 0 Å². The first-order valence-electron chi connectivity index (χ1n) is 5.36. The number of hydrogen-bond donors (Lipinski definition) is 1. The van der Waals surface area contributed by atoms with Crippen LogP contribution in [0.15, 0.2) is 18.2 Å². The van der Waals surface area contributed by atoms with Crippen LogP contribution in [-0.4, -0.2) is 31.9 Å². The molecule has 3 nitrogen and oxygen atoms in total. The van der Waals surface area contributed by atoms with E-state index in [9.17, 15) is 9.50 Å². The van der Waals surface area contributed by atoms with Gasteiger partial charge in [0, 0.05) is 31.5 Å². The van der Waals surface area contributed by atoms with Gasteiger partial charge in [0.2, 0.25) is 0 Å². The molecule has 0 aliphatic heterocycles. The van der Waals surface area contributed by atoms with Crippen LogP contribution in [0, 0.1) is 5.82 Å². The molecule has 1 aromatic rings. The highest BCUT2D eigenvalue weighted by molar-refractivity contribution is 5.53. The molecule has 0 aromatic heterocycles. The third-order valence-electron chi connectivity index (χ3n) is 2.50. The predicted molar refractivity (Wildman–Crippen MR) is 62.1 cm³/mol. The lowest BCUT2D eigenvalue weighted by molar-refractivity contribution is 0.205. The highest BCUT2D eigenvalue weighted by Crippen LogP contribution is 2.21. The summed E-state index contributed by atoms with van der Waals surface area (Å²) in [5.41, 5.74) is 1.47. The average molecular weight is 227 g/mol. The molecule has 4 heteroatoms. The van der Waals surface area contributed by atoms with Gasteiger partial charge >= 0.3 is 0 Å². The van der Waals surface area contributed by atoms with E-state index < -0.39 is 0 Å². The van der Waals surface area contributed by atoms with Crippen molar-refractivity contribution in [2.75, 3.05) is 31.7 Å². The van der Waals surface area contributed by atoms with Crippen LogP contribution in [0.4, 0.5) is 10.1 Å². The van der Waals surface area contributed by atoms with Gasteiger partial charge in [-0.3, -0.25) is 0 Å². The summed E-state index contributed by atoms with van der Waals surface area (Å²) in [5, 5.41) is 9.19. The minimum Gasteiger partial charge on any atom is -0.392 e. The van der Waals surface area contributed by atoms with Crippen molar-refractivity contribution in [2.45, 2.75) is 13.5 Å². The number of rotatable bonds is 6. The first-order chi connectivity index (χ1) is 7.72. The molecule has 0 spiro atoms. The van der Waals surface area contributed by atoms with E-state index in [1.807, 2.05) is 6.92 Å². The summed E-state index contributed by atoms with van der Waals surface area (Å²) >= 11 is 0. The predicted octanol–water partition coefficient (Wildman–Crippen LogP) is 1.79. The van der Waals surface area contributed by atoms with Gasteiger partial charge in [0.05, 0.1) is 13.2 Å². The van der Waals surface area contributed by atoms with E-state index in [-0.39, 0.29) is 12.4 Å². The van der Waals surface area contributed by atoms with Crippen LogP contribution in [0.1, 0.15) is 12.5 Å². The lowest BCUT2D eigenvalue weighted by Crippen LogP contribution is -2.27. The molecule has 0 amide bonds. The number of aliphatic hydroxyl groups excluding tert-OH is 1. The lowest BCUT2D eigenvalue weighted by atomic mass is 10.1. The Labute approximate surface area is 95.5 Å². The Morgan fingerprint density at radius 3 is 2.75 bits per heavy atom. The third kappa shape index (κ3) is 3.18. The van der Waals surface area contributed by atoms with Gasteiger partial charge in [-0.1, -0.05) is 0 Å². The summed E-state index contributed by atoms with van der Waals surface area (Å²) in [6.45, 7) is 3.99. The summed E-state index contributed by atoms with van der Waals surface area (Å²) in [6, 6.07) is 4.47. The molecule has 1 rings (SSSR count). The highest BCUT2D eigenvalue weighted by Gasteiger charge is 2.09. The fourth-order valence-corrected chi connectivity index (χ4v) is 1.64. The molecule has 0 aliphatic rings. The van der Waals surface area contributed by atoms with E-state index in [4.69, 9.17) is 4.74 Å². The highest BCUT2D eigenvalue weighted by atomic mass is 19.1. The number of hydrogen-bond acceptors (Lipinski definition) is 3. The summed E-state index contributed by atoms with van der Waals surface area (Å²) in [4.78, 5) is 2.05. The van der Waals surface area contributed by atoms with Crippen molar-refractivity contribution in [3.8, 4) is 0 Å². The minimum absolute atomic E-state index is 0.156. The van der Waals surface area contributed by atoms with Gasteiger partial charge in [-0.05, 0) is 25.1 Å². The van der Waals surface area contributed by atoms with Gasteiger partial charge < -0.3 is 14.7 Å². The Hall–Kier alpha value is -1.13. The first kappa shape index (κ1) is 12.9. The zero-order chi connectivity index (χ0) is 12.0. The number of benzene rings is 1. The largest absolute Gasteiger partial charge is 0.392 e. The minimum atomic E-state index is -0.324. The van der Waals surface area contributed by atoms with Crippen LogP contribution in [0.5, 0.6) is 0 Å². The number of nitrogens with zero attached hydrogens (tertiary/aromatic N) is 1. The molecule has 0 saturated heterocycles. The Balaban J connectivity index is 2.90. The lowest BCUT2D eigenvalue weighted by Gasteiger charge is -2.25. The SMILES string of the molecule is CCN(CCOC)c1ccc(F)cc1CO. The van der Waals surface area contributed by atoms with Crippen LogP contribution in [0.25, 0.3) is 0 Å². The third-order valence-corrected chi connectivity index (χ3v) is 2.50.